The Labute approximate surface area is 218 Å². The number of fused-ring (bicyclic) bond motifs is 2. The largest absolute Gasteiger partial charge is 0.495 e. The average Bonchev–Trinajstić information content (AvgIpc) is 2.93. The lowest BCUT2D eigenvalue weighted by Gasteiger charge is -2.31. The molecule has 1 aliphatic rings. The summed E-state index contributed by atoms with van der Waals surface area (Å²) in [4.78, 5) is 24.1. The molecule has 0 saturated heterocycles. The maximum Gasteiger partial charge on any atom is 0.251 e. The van der Waals surface area contributed by atoms with Gasteiger partial charge in [-0.1, -0.05) is 32.4 Å². The minimum absolute atomic E-state index is 0.0386. The first-order valence-corrected chi connectivity index (χ1v) is 13.2. The van der Waals surface area contributed by atoms with Crippen molar-refractivity contribution in [3.8, 4) is 17.2 Å². The Kier molecular flexibility index (Phi) is 9.17. The van der Waals surface area contributed by atoms with Crippen LogP contribution in [-0.4, -0.2) is 52.3 Å². The summed E-state index contributed by atoms with van der Waals surface area (Å²) in [5, 5.41) is 0. The molecule has 8 heteroatoms. The second-order valence-corrected chi connectivity index (χ2v) is 9.47. The number of pyridine rings is 3. The predicted octanol–water partition coefficient (Wildman–Crippen LogP) is 4.99. The Bertz CT molecular complexity index is 1270. The van der Waals surface area contributed by atoms with Crippen LogP contribution in [0.25, 0.3) is 11.0 Å². The lowest BCUT2D eigenvalue weighted by Crippen LogP contribution is -2.35. The van der Waals surface area contributed by atoms with Crippen molar-refractivity contribution >= 4 is 11.0 Å². The summed E-state index contributed by atoms with van der Waals surface area (Å²) in [5.74, 6) is 2.14. The quantitative estimate of drug-likeness (QED) is 0.302. The lowest BCUT2D eigenvalue weighted by molar-refractivity contribution is 0.164. The number of allylic oxidation sites excluding steroid dienone is 1. The number of methoxy groups -OCH3 is 1. The van der Waals surface area contributed by atoms with Gasteiger partial charge in [0.25, 0.3) is 5.56 Å². The summed E-state index contributed by atoms with van der Waals surface area (Å²) < 4.78 is 18.4. The number of aryl methyl sites for hydroxylation is 1. The molecule has 0 aliphatic carbocycles. The van der Waals surface area contributed by atoms with Crippen molar-refractivity contribution in [2.45, 2.75) is 65.1 Å². The molecule has 0 spiro atoms. The van der Waals surface area contributed by atoms with E-state index in [1.807, 2.05) is 12.1 Å². The van der Waals surface area contributed by atoms with Crippen molar-refractivity contribution in [2.24, 2.45) is 0 Å². The standard InChI is InChI=1S/C29H38N4O4/c1-5-7-23(32(6-2)20-22-16-27-28(19-30-22)37-15-14-36-27)9-8-21(3)12-13-33-26-17-24(35-4)18-31-25(26)10-11-29(33)34/h10-11,16-19,23H,3,5-9,12-15,20H2,1-2,4H3. The SMILES string of the molecule is C=C(CCC(CCC)N(CC)Cc1cc2c(cn1)OCCO2)CCn1c(=O)ccc2ncc(OC)cc21. The van der Waals surface area contributed by atoms with E-state index in [0.717, 1.165) is 79.0 Å². The van der Waals surface area contributed by atoms with Gasteiger partial charge >= 0.3 is 0 Å². The number of hydrogen-bond acceptors (Lipinski definition) is 7. The maximum atomic E-state index is 12.6. The minimum Gasteiger partial charge on any atom is -0.495 e. The highest BCUT2D eigenvalue weighted by Gasteiger charge is 2.20. The van der Waals surface area contributed by atoms with Crippen LogP contribution in [-0.2, 0) is 13.1 Å². The molecule has 3 aromatic heterocycles. The molecule has 0 fully saturated rings. The Morgan fingerprint density at radius 2 is 1.92 bits per heavy atom. The lowest BCUT2D eigenvalue weighted by atomic mass is 9.99. The molecule has 0 aromatic carbocycles. The van der Waals surface area contributed by atoms with Crippen LogP contribution in [0.2, 0.25) is 0 Å². The zero-order valence-electron chi connectivity index (χ0n) is 22.2. The minimum atomic E-state index is -0.0386. The van der Waals surface area contributed by atoms with E-state index in [4.69, 9.17) is 14.2 Å². The fraction of sp³-hybridized carbons (Fsp3) is 0.483. The van der Waals surface area contributed by atoms with Gasteiger partial charge in [0.05, 0.1) is 36.2 Å². The Hall–Kier alpha value is -3.39. The van der Waals surface area contributed by atoms with Crippen molar-refractivity contribution in [1.82, 2.24) is 19.4 Å². The average molecular weight is 507 g/mol. The van der Waals surface area contributed by atoms with Crippen LogP contribution in [0.1, 0.15) is 51.6 Å². The van der Waals surface area contributed by atoms with E-state index in [2.05, 4.69) is 35.3 Å². The van der Waals surface area contributed by atoms with Gasteiger partial charge in [-0.2, -0.15) is 0 Å². The monoisotopic (exact) mass is 506 g/mol. The fourth-order valence-electron chi connectivity index (χ4n) is 4.88. The van der Waals surface area contributed by atoms with Crippen LogP contribution in [0.15, 0.2) is 53.6 Å². The van der Waals surface area contributed by atoms with Gasteiger partial charge < -0.3 is 18.8 Å². The van der Waals surface area contributed by atoms with Crippen LogP contribution in [0, 0.1) is 0 Å². The zero-order valence-corrected chi connectivity index (χ0v) is 22.2. The summed E-state index contributed by atoms with van der Waals surface area (Å²) >= 11 is 0. The van der Waals surface area contributed by atoms with Crippen LogP contribution < -0.4 is 19.8 Å². The molecule has 0 N–H and O–H groups in total. The third-order valence-corrected chi connectivity index (χ3v) is 6.96. The second-order valence-electron chi connectivity index (χ2n) is 9.47. The first-order chi connectivity index (χ1) is 18.0. The van der Waals surface area contributed by atoms with E-state index >= 15 is 0 Å². The molecule has 37 heavy (non-hydrogen) atoms. The van der Waals surface area contributed by atoms with Gasteiger partial charge in [0, 0.05) is 37.3 Å². The summed E-state index contributed by atoms with van der Waals surface area (Å²) in [6.45, 7) is 12.2. The smallest absolute Gasteiger partial charge is 0.251 e. The molecule has 1 unspecified atom stereocenters. The van der Waals surface area contributed by atoms with Crippen molar-refractivity contribution < 1.29 is 14.2 Å². The van der Waals surface area contributed by atoms with Crippen LogP contribution in [0.5, 0.6) is 17.2 Å². The maximum absolute atomic E-state index is 12.6. The molecule has 198 valence electrons. The van der Waals surface area contributed by atoms with E-state index in [1.54, 1.807) is 36.2 Å². The van der Waals surface area contributed by atoms with Gasteiger partial charge in [-0.15, -0.1) is 0 Å². The first-order valence-electron chi connectivity index (χ1n) is 13.2. The Morgan fingerprint density at radius 1 is 1.11 bits per heavy atom. The first kappa shape index (κ1) is 26.7. The summed E-state index contributed by atoms with van der Waals surface area (Å²) in [6.07, 6.45) is 8.34. The Balaban J connectivity index is 1.37. The van der Waals surface area contributed by atoms with Gasteiger partial charge in [-0.05, 0) is 38.3 Å². The summed E-state index contributed by atoms with van der Waals surface area (Å²) in [7, 11) is 1.60. The van der Waals surface area contributed by atoms with Crippen molar-refractivity contribution in [2.75, 3.05) is 26.9 Å². The molecule has 1 aliphatic heterocycles. The second kappa shape index (κ2) is 12.7. The van der Waals surface area contributed by atoms with Gasteiger partial charge in [0.2, 0.25) is 0 Å². The number of ether oxygens (including phenoxy) is 3. The van der Waals surface area contributed by atoms with Crippen molar-refractivity contribution in [3.63, 3.8) is 0 Å². The molecular weight excluding hydrogens is 468 g/mol. The van der Waals surface area contributed by atoms with Crippen molar-refractivity contribution in [3.05, 3.63) is 64.9 Å². The number of rotatable bonds is 13. The highest BCUT2D eigenvalue weighted by molar-refractivity contribution is 5.75. The summed E-state index contributed by atoms with van der Waals surface area (Å²) in [6, 6.07) is 7.63. The Morgan fingerprint density at radius 3 is 2.68 bits per heavy atom. The highest BCUT2D eigenvalue weighted by Crippen LogP contribution is 2.30. The van der Waals surface area contributed by atoms with Gasteiger partial charge in [-0.25, -0.2) is 0 Å². The van der Waals surface area contributed by atoms with Gasteiger partial charge in [0.15, 0.2) is 11.5 Å². The van der Waals surface area contributed by atoms with Gasteiger partial charge in [-0.3, -0.25) is 19.7 Å². The number of aromatic nitrogens is 3. The molecule has 0 radical (unpaired) electrons. The van der Waals surface area contributed by atoms with E-state index in [-0.39, 0.29) is 5.56 Å². The number of nitrogens with zero attached hydrogens (tertiary/aromatic N) is 4. The van der Waals surface area contributed by atoms with E-state index in [1.165, 1.54) is 0 Å². The highest BCUT2D eigenvalue weighted by atomic mass is 16.6. The van der Waals surface area contributed by atoms with Crippen LogP contribution in [0.4, 0.5) is 0 Å². The molecule has 3 aromatic rings. The van der Waals surface area contributed by atoms with E-state index in [9.17, 15) is 4.79 Å². The van der Waals surface area contributed by atoms with Crippen molar-refractivity contribution in [1.29, 1.82) is 0 Å². The molecule has 8 nitrogen and oxygen atoms in total. The molecule has 1 atom stereocenters. The zero-order chi connectivity index (χ0) is 26.2. The molecule has 0 bridgehead atoms. The molecule has 4 rings (SSSR count). The van der Waals surface area contributed by atoms with Crippen LogP contribution >= 0.6 is 0 Å². The fourth-order valence-corrected chi connectivity index (χ4v) is 4.88. The molecular formula is C29H38N4O4. The topological polar surface area (TPSA) is 78.7 Å². The van der Waals surface area contributed by atoms with E-state index in [0.29, 0.717) is 31.5 Å². The molecule has 0 saturated carbocycles. The molecule has 0 amide bonds. The number of hydrogen-bond donors (Lipinski definition) is 0. The van der Waals surface area contributed by atoms with Crippen LogP contribution in [0.3, 0.4) is 0 Å². The van der Waals surface area contributed by atoms with Gasteiger partial charge in [0.1, 0.15) is 19.0 Å². The molecule has 4 heterocycles. The van der Waals surface area contributed by atoms with E-state index < -0.39 is 0 Å². The third-order valence-electron chi connectivity index (χ3n) is 6.96. The summed E-state index contributed by atoms with van der Waals surface area (Å²) in [5.41, 5.74) is 3.66. The normalized spacial score (nSPS) is 13.6. The predicted molar refractivity (Wildman–Crippen MR) is 146 cm³/mol. The third kappa shape index (κ3) is 6.68.